The Morgan fingerprint density at radius 3 is 2.37 bits per heavy atom. The molecule has 6 rings (SSSR count). The van der Waals surface area contributed by atoms with Crippen LogP contribution < -0.4 is 31.4 Å². The fourth-order valence-corrected chi connectivity index (χ4v) is 9.29. The van der Waals surface area contributed by atoms with Crippen LogP contribution in [0.5, 0.6) is 5.75 Å². The number of nitrogens with zero attached hydrogens (tertiary/aromatic N) is 3. The largest absolute Gasteiger partial charge is 0.489 e. The average Bonchev–Trinajstić information content (AvgIpc) is 3.25. The van der Waals surface area contributed by atoms with Gasteiger partial charge in [-0.25, -0.2) is 13.4 Å². The van der Waals surface area contributed by atoms with Crippen LogP contribution in [0.15, 0.2) is 88.0 Å². The number of rotatable bonds is 17. The molecule has 3 aromatic rings. The Kier molecular flexibility index (Phi) is 15.9. The first-order valence-electron chi connectivity index (χ1n) is 21.7. The molecule has 0 radical (unpaired) electrons. The quantitative estimate of drug-likeness (QED) is 0.0582. The van der Waals surface area contributed by atoms with Crippen LogP contribution in [0.4, 0.5) is 11.4 Å². The number of hydrogen-bond donors (Lipinski definition) is 5. The number of halogens is 1. The van der Waals surface area contributed by atoms with E-state index < -0.39 is 39.0 Å². The van der Waals surface area contributed by atoms with Gasteiger partial charge in [0, 0.05) is 12.8 Å². The van der Waals surface area contributed by atoms with Gasteiger partial charge in [0.15, 0.2) is 9.84 Å². The van der Waals surface area contributed by atoms with Gasteiger partial charge < -0.3 is 25.6 Å². The summed E-state index contributed by atoms with van der Waals surface area (Å²) in [5, 5.41) is 12.6. The zero-order chi connectivity index (χ0) is 45.3. The minimum Gasteiger partial charge on any atom is -0.489 e. The van der Waals surface area contributed by atoms with Gasteiger partial charge in [-0.1, -0.05) is 54.1 Å². The summed E-state index contributed by atoms with van der Waals surface area (Å²) in [5.74, 6) is -0.0230. The summed E-state index contributed by atoms with van der Waals surface area (Å²) in [5.41, 5.74) is 7.35. The molecule has 3 aliphatic rings. The van der Waals surface area contributed by atoms with Crippen molar-refractivity contribution in [3.05, 3.63) is 94.8 Å². The molecule has 3 aliphatic heterocycles. The smallest absolute Gasteiger partial charge is 0.249 e. The van der Waals surface area contributed by atoms with Crippen LogP contribution in [-0.2, 0) is 29.0 Å². The van der Waals surface area contributed by atoms with Crippen molar-refractivity contribution >= 4 is 62.3 Å². The lowest BCUT2D eigenvalue weighted by Crippen LogP contribution is -2.54. The van der Waals surface area contributed by atoms with E-state index in [1.165, 1.54) is 11.8 Å². The van der Waals surface area contributed by atoms with Crippen molar-refractivity contribution < 1.29 is 32.3 Å². The molecule has 0 spiro atoms. The number of amidine groups is 1. The van der Waals surface area contributed by atoms with E-state index >= 15 is 0 Å². The number of aliphatic imine (C=N–C) groups is 1. The highest BCUT2D eigenvalue weighted by Crippen LogP contribution is 2.38. The summed E-state index contributed by atoms with van der Waals surface area (Å²) in [7, 11) is -3.56. The van der Waals surface area contributed by atoms with E-state index in [1.54, 1.807) is 67.4 Å². The summed E-state index contributed by atoms with van der Waals surface area (Å²) < 4.78 is 32.6. The van der Waals surface area contributed by atoms with Crippen LogP contribution in [0.25, 0.3) is 0 Å². The summed E-state index contributed by atoms with van der Waals surface area (Å²) >= 11 is 6.56. The van der Waals surface area contributed by atoms with Gasteiger partial charge in [0.1, 0.15) is 28.8 Å². The van der Waals surface area contributed by atoms with Gasteiger partial charge in [0.2, 0.25) is 23.6 Å². The Morgan fingerprint density at radius 1 is 0.952 bits per heavy atom. The first kappa shape index (κ1) is 47.0. The number of benzene rings is 3. The number of carbonyl (C=O) groups is 4. The highest BCUT2D eigenvalue weighted by molar-refractivity contribution is 7.92. The second kappa shape index (κ2) is 21.3. The number of nitrogens with one attached hydrogen (secondary N) is 5. The van der Waals surface area contributed by atoms with E-state index in [2.05, 4.69) is 55.6 Å². The number of carbonyl (C=O) groups excluding carboxylic acids is 4. The van der Waals surface area contributed by atoms with Crippen molar-refractivity contribution in [1.29, 1.82) is 0 Å². The third kappa shape index (κ3) is 12.4. The van der Waals surface area contributed by atoms with Crippen LogP contribution in [-0.4, -0.2) is 91.4 Å². The number of likely N-dealkylation sites (tertiary alicyclic amines) is 1. The van der Waals surface area contributed by atoms with E-state index in [4.69, 9.17) is 16.3 Å². The first-order valence-corrected chi connectivity index (χ1v) is 23.6. The summed E-state index contributed by atoms with van der Waals surface area (Å²) in [6, 6.07) is 18.1. The Balaban J connectivity index is 1.01. The van der Waals surface area contributed by atoms with Crippen LogP contribution in [0.2, 0.25) is 0 Å². The molecular weight excluding hydrogens is 844 g/mol. The first-order chi connectivity index (χ1) is 30.1. The van der Waals surface area contributed by atoms with Gasteiger partial charge in [0.05, 0.1) is 40.4 Å². The van der Waals surface area contributed by atoms with Crippen LogP contribution in [0.3, 0.4) is 0 Å². The molecule has 1 unspecified atom stereocenters. The molecule has 3 heterocycles. The van der Waals surface area contributed by atoms with E-state index in [0.29, 0.717) is 40.3 Å². The fraction of sp³-hybridized carbons (Fsp3) is 0.457. The Bertz CT molecular complexity index is 2310. The third-order valence-corrected chi connectivity index (χ3v) is 13.9. The fourth-order valence-electron chi connectivity index (χ4n) is 7.94. The molecule has 338 valence electrons. The molecule has 15 nitrogen and oxygen atoms in total. The molecule has 2 fully saturated rings. The Morgan fingerprint density at radius 2 is 1.67 bits per heavy atom. The zero-order valence-corrected chi connectivity index (χ0v) is 38.2. The molecule has 2 saturated heterocycles. The number of ether oxygens (including phenoxy) is 1. The molecule has 0 bridgehead atoms. The second-order valence-electron chi connectivity index (χ2n) is 16.8. The van der Waals surface area contributed by atoms with Crippen LogP contribution >= 0.6 is 11.6 Å². The molecule has 0 aliphatic carbocycles. The van der Waals surface area contributed by atoms with Gasteiger partial charge in [0.25, 0.3) is 0 Å². The molecule has 17 heteroatoms. The topological polar surface area (TPSA) is 191 Å². The van der Waals surface area contributed by atoms with Crippen LogP contribution in [0.1, 0.15) is 101 Å². The maximum atomic E-state index is 13.3. The molecule has 4 amide bonds. The normalized spacial score (nSPS) is 18.0. The summed E-state index contributed by atoms with van der Waals surface area (Å²) in [6.07, 6.45) is 5.46. The predicted octanol–water partition coefficient (Wildman–Crippen LogP) is 6.28. The van der Waals surface area contributed by atoms with Gasteiger partial charge in [-0.2, -0.15) is 0 Å². The average molecular weight is 904 g/mol. The van der Waals surface area contributed by atoms with E-state index in [0.717, 1.165) is 50.1 Å². The number of sulfone groups is 1. The Labute approximate surface area is 375 Å². The SMILES string of the molecule is Cc1cc(NC2=NC=C(Cl)N(Nc3ccccc3S(=O)(=O)C(C)C)C2)c(OC(C)C)cc1C1CCN(CCCCC(=O)N[C@H](C(=O)NC2CCC(=O)NC2=O)c2ccccc2)CC1. The maximum Gasteiger partial charge on any atom is 0.249 e. The molecule has 0 saturated carbocycles. The second-order valence-corrected chi connectivity index (χ2v) is 19.7. The lowest BCUT2D eigenvalue weighted by atomic mass is 9.86. The number of piperidine rings is 2. The van der Waals surface area contributed by atoms with Crippen molar-refractivity contribution in [1.82, 2.24) is 25.9 Å². The number of hydrogen-bond acceptors (Lipinski definition) is 12. The minimum absolute atomic E-state index is 0.0792. The Hall–Kier alpha value is -5.45. The van der Waals surface area contributed by atoms with Gasteiger partial charge in [-0.05, 0) is 133 Å². The molecule has 3 aromatic carbocycles. The van der Waals surface area contributed by atoms with E-state index in [1.807, 2.05) is 19.9 Å². The zero-order valence-electron chi connectivity index (χ0n) is 36.6. The van der Waals surface area contributed by atoms with Crippen LogP contribution in [0, 0.1) is 6.92 Å². The van der Waals surface area contributed by atoms with Gasteiger partial charge in [-0.15, -0.1) is 0 Å². The molecule has 5 N–H and O–H groups in total. The number of unbranched alkanes of at least 4 members (excludes halogenated alkanes) is 1. The summed E-state index contributed by atoms with van der Waals surface area (Å²) in [6.45, 7) is 12.3. The number of hydrazine groups is 1. The lowest BCUT2D eigenvalue weighted by molar-refractivity contribution is -0.138. The lowest BCUT2D eigenvalue weighted by Gasteiger charge is -2.33. The van der Waals surface area contributed by atoms with E-state index in [-0.39, 0.29) is 48.6 Å². The predicted molar refractivity (Wildman–Crippen MR) is 245 cm³/mol. The number of anilines is 2. The minimum atomic E-state index is -3.56. The van der Waals surface area contributed by atoms with Crippen molar-refractivity contribution in [2.24, 2.45) is 4.99 Å². The third-order valence-electron chi connectivity index (χ3n) is 11.4. The van der Waals surface area contributed by atoms with Crippen molar-refractivity contribution in [2.75, 3.05) is 36.9 Å². The summed E-state index contributed by atoms with van der Waals surface area (Å²) in [4.78, 5) is 57.5. The number of para-hydroxylation sites is 1. The van der Waals surface area contributed by atoms with E-state index in [9.17, 15) is 27.6 Å². The van der Waals surface area contributed by atoms with Crippen molar-refractivity contribution in [3.63, 3.8) is 0 Å². The molecular formula is C46H59ClN8O7S. The van der Waals surface area contributed by atoms with Crippen molar-refractivity contribution in [3.8, 4) is 5.75 Å². The highest BCUT2D eigenvalue weighted by atomic mass is 35.5. The number of aryl methyl sites for hydroxylation is 1. The molecule has 63 heavy (non-hydrogen) atoms. The number of imide groups is 1. The molecule has 2 atom stereocenters. The maximum absolute atomic E-state index is 13.3. The standard InChI is InChI=1S/C46H59ClN8O7S/c1-29(2)62-38-26-34(31(5)25-37(38)49-41-28-55(40(47)27-48-41)53-35-15-9-10-16-39(35)63(60,61)30(3)4)32-20-23-54(24-21-32)22-12-11-17-42(56)51-44(33-13-7-6-8-14-33)46(59)50-36-18-19-43(57)52-45(36)58/h6-10,13-16,25-27,29-30,32,36,44,53H,11-12,17-24,28H2,1-5H3,(H,48,49)(H,50,59)(H,51,56)(H,52,57,58)/t36?,44-/m0/s1. The van der Waals surface area contributed by atoms with Crippen molar-refractivity contribution in [2.45, 2.75) is 114 Å². The molecule has 0 aromatic heterocycles. The van der Waals surface area contributed by atoms with Gasteiger partial charge in [-0.3, -0.25) is 34.9 Å². The van der Waals surface area contributed by atoms with Gasteiger partial charge >= 0.3 is 0 Å². The highest BCUT2D eigenvalue weighted by Gasteiger charge is 2.32. The monoisotopic (exact) mass is 902 g/mol. The number of amides is 4.